The highest BCUT2D eigenvalue weighted by Gasteiger charge is 2.35. The molecule has 1 aromatic rings. The third-order valence-electron chi connectivity index (χ3n) is 7.82. The van der Waals surface area contributed by atoms with Gasteiger partial charge in [-0.05, 0) is 44.0 Å². The minimum atomic E-state index is -1.60. The van der Waals surface area contributed by atoms with Gasteiger partial charge in [0.25, 0.3) is 5.91 Å². The molecule has 1 fully saturated rings. The van der Waals surface area contributed by atoms with Crippen molar-refractivity contribution >= 4 is 70.3 Å². The van der Waals surface area contributed by atoms with E-state index >= 15 is 0 Å². The summed E-state index contributed by atoms with van der Waals surface area (Å²) < 4.78 is 0. The molecule has 17 N–H and O–H groups in total. The molecule has 0 saturated carbocycles. The van der Waals surface area contributed by atoms with E-state index in [-0.39, 0.29) is 28.8 Å². The summed E-state index contributed by atoms with van der Waals surface area (Å²) in [4.78, 5) is 84.2. The number of carbonyl (C=O) groups excluding carboxylic acids is 6. The summed E-state index contributed by atoms with van der Waals surface area (Å²) in [6, 6.07) is -2.93. The molecule has 0 radical (unpaired) electrons. The summed E-state index contributed by atoms with van der Waals surface area (Å²) in [5.74, 6) is -5.29. The number of hydrogen-bond donors (Lipinski definition) is 13. The summed E-state index contributed by atoms with van der Waals surface area (Å²) >= 11 is 12.2. The van der Waals surface area contributed by atoms with Gasteiger partial charge >= 0.3 is 0 Å². The number of halogens is 2. The number of aliphatic imine (C=N–C) groups is 1. The minimum Gasteiger partial charge on any atom is -0.394 e. The fourth-order valence-electron chi connectivity index (χ4n) is 4.93. The fraction of sp³-hybridized carbons (Fsp3) is 0.500. The maximum absolute atomic E-state index is 13.9. The second-order valence-electron chi connectivity index (χ2n) is 11.9. The normalized spacial score (nSPS) is 25.0. The van der Waals surface area contributed by atoms with Gasteiger partial charge in [0.2, 0.25) is 29.5 Å². The van der Waals surface area contributed by atoms with Gasteiger partial charge in [-0.15, -0.1) is 0 Å². The van der Waals surface area contributed by atoms with Crippen LogP contribution in [0.1, 0.15) is 25.7 Å². The van der Waals surface area contributed by atoms with Crippen LogP contribution in [0.25, 0.3) is 0 Å². The Hall–Kier alpha value is -4.73. The molecule has 286 valence electrons. The zero-order valence-electron chi connectivity index (χ0n) is 28.0. The van der Waals surface area contributed by atoms with Crippen molar-refractivity contribution < 1.29 is 33.9 Å². The molecule has 2 aliphatic heterocycles. The number of carbonyl (C=O) groups is 6. The average Bonchev–Trinajstić information content (AvgIpc) is 3.11. The molecule has 0 unspecified atom stereocenters. The van der Waals surface area contributed by atoms with Crippen LogP contribution in [0.15, 0.2) is 35.1 Å². The standard InChI is InChI=1S/C30H45Cl2N13O7/c31-16-4-3-15(9-17(16)32)38-11-20-27(50)45-24(19-5-7-37-30(36)44-19)29(52)40-10-18(35)25(48)43-22(13-46)28(51)42-21(26(49)41-20)12-39-23(47)8-14(34)2-1-6-33/h3-4,9,11,14,18-19,21-22,24,38,46H,1-2,5-8,10,12-13,33-35H2,(H,39,47)(H,40,52)(H,41,49)(H,42,51)(H,43,48)(H,45,50)(H3,36,37,44)/b20-11-/t14-,18-,19+,21-,22-,24-/m0/s1. The first-order valence-electron chi connectivity index (χ1n) is 16.3. The maximum atomic E-state index is 13.9. The highest BCUT2D eigenvalue weighted by molar-refractivity contribution is 6.42. The van der Waals surface area contributed by atoms with Gasteiger partial charge in [0.1, 0.15) is 29.9 Å². The van der Waals surface area contributed by atoms with E-state index in [1.807, 2.05) is 0 Å². The van der Waals surface area contributed by atoms with Crippen LogP contribution < -0.4 is 65.5 Å². The van der Waals surface area contributed by atoms with Crippen molar-refractivity contribution in [3.63, 3.8) is 0 Å². The lowest BCUT2D eigenvalue weighted by molar-refractivity contribution is -0.134. The molecule has 3 rings (SSSR count). The molecule has 2 heterocycles. The number of amides is 6. The van der Waals surface area contributed by atoms with Crippen LogP contribution in [-0.2, 0) is 28.8 Å². The molecule has 6 amide bonds. The van der Waals surface area contributed by atoms with Crippen LogP contribution in [0, 0.1) is 0 Å². The van der Waals surface area contributed by atoms with Crippen LogP contribution in [0.3, 0.4) is 0 Å². The van der Waals surface area contributed by atoms with Crippen molar-refractivity contribution in [2.75, 3.05) is 38.1 Å². The molecule has 52 heavy (non-hydrogen) atoms. The van der Waals surface area contributed by atoms with Gasteiger partial charge in [-0.3, -0.25) is 28.8 Å². The predicted octanol–water partition coefficient (Wildman–Crippen LogP) is -4.48. The van der Waals surface area contributed by atoms with Gasteiger partial charge in [-0.25, -0.2) is 4.99 Å². The zero-order chi connectivity index (χ0) is 38.4. The quantitative estimate of drug-likeness (QED) is 0.0946. The Bertz CT molecular complexity index is 1550. The Labute approximate surface area is 309 Å². The molecule has 6 atom stereocenters. The van der Waals surface area contributed by atoms with Gasteiger partial charge in [-0.1, -0.05) is 23.2 Å². The van der Waals surface area contributed by atoms with Crippen molar-refractivity contribution in [2.45, 2.75) is 61.9 Å². The lowest BCUT2D eigenvalue weighted by atomic mass is 10.0. The Morgan fingerprint density at radius 3 is 2.42 bits per heavy atom. The molecule has 0 aliphatic carbocycles. The first-order valence-corrected chi connectivity index (χ1v) is 17.1. The van der Waals surface area contributed by atoms with Crippen molar-refractivity contribution in [3.05, 3.63) is 40.1 Å². The minimum absolute atomic E-state index is 0.0166. The molecule has 1 aromatic carbocycles. The molecule has 2 aliphatic rings. The highest BCUT2D eigenvalue weighted by atomic mass is 35.5. The second kappa shape index (κ2) is 20.3. The maximum Gasteiger partial charge on any atom is 0.270 e. The Morgan fingerprint density at radius 2 is 1.75 bits per heavy atom. The van der Waals surface area contributed by atoms with Crippen molar-refractivity contribution in [3.8, 4) is 0 Å². The van der Waals surface area contributed by atoms with Crippen molar-refractivity contribution in [1.82, 2.24) is 37.2 Å². The lowest BCUT2D eigenvalue weighted by Gasteiger charge is -2.29. The lowest BCUT2D eigenvalue weighted by Crippen LogP contribution is -2.62. The van der Waals surface area contributed by atoms with E-state index < -0.39 is 97.1 Å². The Balaban J connectivity index is 2.02. The monoisotopic (exact) mass is 769 g/mol. The van der Waals surface area contributed by atoms with E-state index in [0.29, 0.717) is 31.6 Å². The van der Waals surface area contributed by atoms with E-state index in [1.165, 1.54) is 18.2 Å². The highest BCUT2D eigenvalue weighted by Crippen LogP contribution is 2.25. The molecule has 20 nitrogen and oxygen atoms in total. The predicted molar refractivity (Wildman–Crippen MR) is 192 cm³/mol. The number of anilines is 1. The van der Waals surface area contributed by atoms with Gasteiger partial charge in [0.15, 0.2) is 5.96 Å². The first-order chi connectivity index (χ1) is 24.7. The number of guanidine groups is 1. The number of aliphatic hydroxyl groups is 1. The molecular formula is C30H45Cl2N13O7. The molecule has 1 saturated heterocycles. The SMILES string of the molecule is NCCC[C@H](N)CC(=O)NC[C@@H]1NC(=O)[C@H](CO)NC(=O)[C@@H](N)CNC(=O)[C@H]([C@H]2CCNC(N)=N2)NC(=O)/C(=C/Nc2ccc(Cl)c(Cl)c2)NC1=O. The van der Waals surface area contributed by atoms with Crippen LogP contribution >= 0.6 is 23.2 Å². The number of nitrogens with one attached hydrogen (secondary N) is 8. The van der Waals surface area contributed by atoms with Crippen molar-refractivity contribution in [1.29, 1.82) is 0 Å². The van der Waals surface area contributed by atoms with Gasteiger partial charge in [0.05, 0.1) is 22.7 Å². The number of nitrogens with two attached hydrogens (primary N) is 4. The Morgan fingerprint density at radius 1 is 1.02 bits per heavy atom. The van der Waals surface area contributed by atoms with Gasteiger partial charge in [0, 0.05) is 44.0 Å². The Kier molecular flexibility index (Phi) is 16.3. The number of benzene rings is 1. The zero-order valence-corrected chi connectivity index (χ0v) is 29.6. The van der Waals surface area contributed by atoms with E-state index in [1.54, 1.807) is 0 Å². The van der Waals surface area contributed by atoms with E-state index in [4.69, 9.17) is 46.1 Å². The summed E-state index contributed by atoms with van der Waals surface area (Å²) in [5.41, 5.74) is 23.2. The van der Waals surface area contributed by atoms with Crippen LogP contribution in [0.5, 0.6) is 0 Å². The summed E-state index contributed by atoms with van der Waals surface area (Å²) in [6.07, 6.45) is 2.28. The van der Waals surface area contributed by atoms with E-state index in [9.17, 15) is 33.9 Å². The number of aliphatic hydroxyl groups excluding tert-OH is 1. The number of rotatable bonds is 11. The summed E-state index contributed by atoms with van der Waals surface area (Å²) in [6.45, 7) is -1.17. The fourth-order valence-corrected chi connectivity index (χ4v) is 5.23. The van der Waals surface area contributed by atoms with E-state index in [2.05, 4.69) is 47.5 Å². The summed E-state index contributed by atoms with van der Waals surface area (Å²) in [5, 5.41) is 30.6. The smallest absolute Gasteiger partial charge is 0.270 e. The third kappa shape index (κ3) is 12.8. The molecule has 22 heteroatoms. The molecular weight excluding hydrogens is 725 g/mol. The average molecular weight is 771 g/mol. The largest absolute Gasteiger partial charge is 0.394 e. The molecule has 0 bridgehead atoms. The summed E-state index contributed by atoms with van der Waals surface area (Å²) in [7, 11) is 0. The molecule has 0 aromatic heterocycles. The number of nitrogens with zero attached hydrogens (tertiary/aromatic N) is 1. The van der Waals surface area contributed by atoms with Crippen LogP contribution in [0.2, 0.25) is 10.0 Å². The van der Waals surface area contributed by atoms with Gasteiger partial charge in [-0.2, -0.15) is 0 Å². The van der Waals surface area contributed by atoms with Crippen LogP contribution in [-0.4, -0.2) is 116 Å². The van der Waals surface area contributed by atoms with Gasteiger partial charge < -0.3 is 70.6 Å². The van der Waals surface area contributed by atoms with Crippen LogP contribution in [0.4, 0.5) is 5.69 Å². The molecule has 0 spiro atoms. The van der Waals surface area contributed by atoms with Crippen molar-refractivity contribution in [2.24, 2.45) is 27.9 Å². The third-order valence-corrected chi connectivity index (χ3v) is 8.56. The number of hydrogen-bond acceptors (Lipinski definition) is 14. The first kappa shape index (κ1) is 41.7. The topological polar surface area (TPSA) is 335 Å². The van der Waals surface area contributed by atoms with E-state index in [0.717, 1.165) is 6.20 Å². The second-order valence-corrected chi connectivity index (χ2v) is 12.7.